The van der Waals surface area contributed by atoms with Crippen LogP contribution in [0.1, 0.15) is 12.5 Å². The number of primary sulfonamides is 1. The average molecular weight is 635 g/mol. The summed E-state index contributed by atoms with van der Waals surface area (Å²) in [5, 5.41) is 4.44. The number of halogens is 5. The lowest BCUT2D eigenvalue weighted by Crippen LogP contribution is -2.54. The van der Waals surface area contributed by atoms with Gasteiger partial charge in [-0.3, -0.25) is 9.36 Å². The first-order valence-electron chi connectivity index (χ1n) is 12.9. The highest BCUT2D eigenvalue weighted by molar-refractivity contribution is 7.89. The van der Waals surface area contributed by atoms with Crippen LogP contribution >= 0.6 is 0 Å². The minimum absolute atomic E-state index is 0.0875. The lowest BCUT2D eigenvalue weighted by Gasteiger charge is -2.40. The number of nitrogens with two attached hydrogens (primary N) is 1. The number of amides is 1. The molecule has 0 saturated carbocycles. The number of fused-ring (bicyclic) bond motifs is 1. The molecule has 1 aliphatic heterocycles. The van der Waals surface area contributed by atoms with Crippen molar-refractivity contribution in [2.24, 2.45) is 5.14 Å². The topological polar surface area (TPSA) is 131 Å². The molecule has 2 aromatic heterocycles. The van der Waals surface area contributed by atoms with Crippen LogP contribution in [0.3, 0.4) is 0 Å². The van der Waals surface area contributed by atoms with Crippen molar-refractivity contribution in [1.29, 1.82) is 0 Å². The van der Waals surface area contributed by atoms with Crippen LogP contribution in [-0.2, 0) is 21.0 Å². The van der Waals surface area contributed by atoms with Crippen molar-refractivity contribution in [2.75, 3.05) is 24.5 Å². The van der Waals surface area contributed by atoms with E-state index in [0.29, 0.717) is 10.6 Å². The van der Waals surface area contributed by atoms with Gasteiger partial charge in [0, 0.05) is 48.4 Å². The predicted octanol–water partition coefficient (Wildman–Crippen LogP) is 3.62. The maximum Gasteiger partial charge on any atom is 0.417 e. The van der Waals surface area contributed by atoms with Crippen LogP contribution in [0.25, 0.3) is 27.7 Å². The number of piperazine rings is 1. The molecule has 1 saturated heterocycles. The largest absolute Gasteiger partial charge is 0.417 e. The van der Waals surface area contributed by atoms with E-state index in [4.69, 9.17) is 5.14 Å². The zero-order valence-corrected chi connectivity index (χ0v) is 23.7. The van der Waals surface area contributed by atoms with Crippen LogP contribution in [0.2, 0.25) is 0 Å². The van der Waals surface area contributed by atoms with E-state index in [1.165, 1.54) is 11.0 Å². The Labute approximate surface area is 246 Å². The Balaban J connectivity index is 1.86. The van der Waals surface area contributed by atoms with Gasteiger partial charge in [0.2, 0.25) is 5.91 Å². The van der Waals surface area contributed by atoms with Gasteiger partial charge in [0.25, 0.3) is 10.0 Å². The lowest BCUT2D eigenvalue weighted by atomic mass is 9.96. The van der Waals surface area contributed by atoms with Gasteiger partial charge >= 0.3 is 11.9 Å². The van der Waals surface area contributed by atoms with E-state index in [2.05, 4.69) is 16.5 Å². The van der Waals surface area contributed by atoms with Crippen molar-refractivity contribution in [3.63, 3.8) is 0 Å². The molecule has 230 valence electrons. The summed E-state index contributed by atoms with van der Waals surface area (Å²) in [6.45, 7) is 5.64. The van der Waals surface area contributed by atoms with Crippen molar-refractivity contribution in [1.82, 2.24) is 19.4 Å². The number of hydrogen-bond acceptors (Lipinski definition) is 7. The first kappa shape index (κ1) is 30.7. The molecule has 2 aromatic carbocycles. The molecule has 0 radical (unpaired) electrons. The normalized spacial score (nSPS) is 15.9. The Hall–Kier alpha value is -4.70. The van der Waals surface area contributed by atoms with Crippen LogP contribution in [0.15, 0.2) is 71.1 Å². The Morgan fingerprint density at radius 1 is 1.11 bits per heavy atom. The van der Waals surface area contributed by atoms with Crippen LogP contribution in [0.4, 0.5) is 27.8 Å². The van der Waals surface area contributed by atoms with Crippen LogP contribution in [0, 0.1) is 11.6 Å². The average Bonchev–Trinajstić information content (AvgIpc) is 2.95. The minimum Gasteiger partial charge on any atom is -0.350 e. The maximum atomic E-state index is 15.9. The van der Waals surface area contributed by atoms with Gasteiger partial charge in [-0.2, -0.15) is 18.2 Å². The number of rotatable bonds is 5. The Kier molecular flexibility index (Phi) is 7.75. The second-order valence-corrected chi connectivity index (χ2v) is 11.4. The quantitative estimate of drug-likeness (QED) is 0.262. The number of anilines is 1. The Bertz CT molecular complexity index is 2000. The first-order chi connectivity index (χ1) is 20.6. The van der Waals surface area contributed by atoms with Crippen molar-refractivity contribution in [3.8, 4) is 16.8 Å². The predicted molar refractivity (Wildman–Crippen MR) is 150 cm³/mol. The third kappa shape index (κ3) is 5.41. The molecule has 1 fully saturated rings. The van der Waals surface area contributed by atoms with Crippen LogP contribution in [0.5, 0.6) is 0 Å². The lowest BCUT2D eigenvalue weighted by molar-refractivity contribution is -0.137. The maximum absolute atomic E-state index is 15.9. The molecule has 44 heavy (non-hydrogen) atoms. The molecular weight excluding hydrogens is 611 g/mol. The fourth-order valence-electron chi connectivity index (χ4n) is 5.28. The monoisotopic (exact) mass is 634 g/mol. The van der Waals surface area contributed by atoms with E-state index in [9.17, 15) is 31.2 Å². The third-order valence-electron chi connectivity index (χ3n) is 7.20. The summed E-state index contributed by atoms with van der Waals surface area (Å²) >= 11 is 0. The van der Waals surface area contributed by atoms with Gasteiger partial charge in [-0.1, -0.05) is 12.6 Å². The molecule has 10 nitrogen and oxygen atoms in total. The number of alkyl halides is 3. The van der Waals surface area contributed by atoms with Gasteiger partial charge < -0.3 is 9.80 Å². The number of pyridine rings is 1. The van der Waals surface area contributed by atoms with Crippen molar-refractivity contribution < 1.29 is 35.2 Å². The Morgan fingerprint density at radius 2 is 1.84 bits per heavy atom. The Morgan fingerprint density at radius 3 is 2.48 bits per heavy atom. The number of aromatic nitrogens is 3. The van der Waals surface area contributed by atoms with E-state index in [-0.39, 0.29) is 42.3 Å². The summed E-state index contributed by atoms with van der Waals surface area (Å²) in [4.78, 5) is 36.8. The number of carbonyl (C=O) groups excluding carboxylic acids is 1. The SMILES string of the molecule is C=CC(=O)N1CCN(c2nc(=O)n(-c3cccnc3S(N)(=O)=O)c3cc(-c4c(F)cccc4C(F)(F)F)c(F)cc23)[C@@H](C)C1. The van der Waals surface area contributed by atoms with Crippen molar-refractivity contribution in [2.45, 2.75) is 24.2 Å². The second-order valence-electron chi connectivity index (χ2n) is 9.97. The molecule has 3 heterocycles. The summed E-state index contributed by atoms with van der Waals surface area (Å²) in [6, 6.07) is 5.71. The molecule has 5 rings (SSSR count). The van der Waals surface area contributed by atoms with Crippen molar-refractivity contribution in [3.05, 3.63) is 89.0 Å². The molecule has 2 N–H and O–H groups in total. The van der Waals surface area contributed by atoms with Gasteiger partial charge in [-0.05, 0) is 49.4 Å². The highest BCUT2D eigenvalue weighted by Crippen LogP contribution is 2.41. The van der Waals surface area contributed by atoms with Crippen molar-refractivity contribution >= 4 is 32.7 Å². The third-order valence-corrected chi connectivity index (χ3v) is 8.05. The van der Waals surface area contributed by atoms with Crippen LogP contribution < -0.4 is 15.7 Å². The summed E-state index contributed by atoms with van der Waals surface area (Å²) in [6.07, 6.45) is -2.85. The number of nitrogens with zero attached hydrogens (tertiary/aromatic N) is 5. The zero-order valence-electron chi connectivity index (χ0n) is 22.8. The molecule has 0 spiro atoms. The van der Waals surface area contributed by atoms with E-state index in [1.54, 1.807) is 11.8 Å². The molecular formula is C28H23F5N6O4S. The molecule has 16 heteroatoms. The highest BCUT2D eigenvalue weighted by Gasteiger charge is 2.36. The number of carbonyl (C=O) groups is 1. The van der Waals surface area contributed by atoms with Gasteiger partial charge in [0.05, 0.1) is 16.8 Å². The van der Waals surface area contributed by atoms with E-state index >= 15 is 8.78 Å². The molecule has 1 aliphatic rings. The highest BCUT2D eigenvalue weighted by atomic mass is 32.2. The molecule has 0 unspecified atom stereocenters. The van der Waals surface area contributed by atoms with Crippen LogP contribution in [-0.4, -0.2) is 59.4 Å². The first-order valence-corrected chi connectivity index (χ1v) is 14.5. The van der Waals surface area contributed by atoms with E-state index in [0.717, 1.165) is 42.6 Å². The number of benzene rings is 2. The number of sulfonamides is 1. The smallest absolute Gasteiger partial charge is 0.350 e. The van der Waals surface area contributed by atoms with E-state index < -0.39 is 67.0 Å². The minimum atomic E-state index is -5.08. The van der Waals surface area contributed by atoms with Gasteiger partial charge in [0.15, 0.2) is 5.03 Å². The fourth-order valence-corrected chi connectivity index (χ4v) is 5.94. The summed E-state index contributed by atoms with van der Waals surface area (Å²) in [5.74, 6) is -3.08. The summed E-state index contributed by atoms with van der Waals surface area (Å²) in [7, 11) is -4.56. The van der Waals surface area contributed by atoms with E-state index in [1.807, 2.05) is 0 Å². The fraction of sp³-hybridized carbons (Fsp3) is 0.214. The molecule has 1 amide bonds. The standard InChI is InChI=1S/C28H23F5N6O4S/c1-3-23(40)37-10-11-38(15(2)14-37)25-17-12-20(30)16(24-18(28(31,32)33)6-4-7-19(24)29)13-22(17)39(27(41)36-25)21-8-5-9-35-26(21)44(34,42)43/h3-9,12-13,15H,1,10-11,14H2,2H3,(H2,34,42,43)/t15-/m0/s1. The molecule has 0 bridgehead atoms. The van der Waals surface area contributed by atoms with Gasteiger partial charge in [-0.25, -0.2) is 32.1 Å². The summed E-state index contributed by atoms with van der Waals surface area (Å²) in [5.41, 5.74) is -5.25. The molecule has 4 aromatic rings. The van der Waals surface area contributed by atoms with Gasteiger partial charge in [0.1, 0.15) is 17.5 Å². The summed E-state index contributed by atoms with van der Waals surface area (Å²) < 4.78 is 98.1. The number of hydrogen-bond donors (Lipinski definition) is 1. The van der Waals surface area contributed by atoms with Gasteiger partial charge in [-0.15, -0.1) is 0 Å². The molecule has 1 atom stereocenters. The second kappa shape index (κ2) is 11.1. The molecule has 0 aliphatic carbocycles. The zero-order chi connectivity index (χ0) is 32.1.